The van der Waals surface area contributed by atoms with Crippen molar-refractivity contribution >= 4 is 5.69 Å². The van der Waals surface area contributed by atoms with Gasteiger partial charge in [0.25, 0.3) is 0 Å². The van der Waals surface area contributed by atoms with Gasteiger partial charge < -0.3 is 10.1 Å². The predicted octanol–water partition coefficient (Wildman–Crippen LogP) is 3.29. The molecular formula is C12H12F3NO. The molecule has 0 bridgehead atoms. The first-order valence-corrected chi connectivity index (χ1v) is 5.55. The van der Waals surface area contributed by atoms with Gasteiger partial charge in [0.1, 0.15) is 0 Å². The van der Waals surface area contributed by atoms with Crippen LogP contribution in [-0.4, -0.2) is 12.9 Å². The highest BCUT2D eigenvalue weighted by molar-refractivity contribution is 5.70. The summed E-state index contributed by atoms with van der Waals surface area (Å²) in [6.45, 7) is 2.83. The Morgan fingerprint density at radius 1 is 1.41 bits per heavy atom. The van der Waals surface area contributed by atoms with Gasteiger partial charge in [-0.25, -0.2) is 0 Å². The van der Waals surface area contributed by atoms with Gasteiger partial charge in [-0.05, 0) is 24.0 Å². The predicted molar refractivity (Wildman–Crippen MR) is 57.1 cm³/mol. The Bertz CT molecular complexity index is 471. The third-order valence-electron chi connectivity index (χ3n) is 3.82. The number of ether oxygens (including phenoxy) is 1. The molecule has 2 aliphatic rings. The lowest BCUT2D eigenvalue weighted by atomic mass is 9.96. The molecule has 1 saturated carbocycles. The average Bonchev–Trinajstić information content (AvgIpc) is 2.68. The Balaban J connectivity index is 1.99. The van der Waals surface area contributed by atoms with E-state index in [0.29, 0.717) is 18.2 Å². The average molecular weight is 243 g/mol. The first kappa shape index (κ1) is 10.7. The van der Waals surface area contributed by atoms with Gasteiger partial charge in [-0.3, -0.25) is 0 Å². The van der Waals surface area contributed by atoms with Crippen LogP contribution in [-0.2, 0) is 5.41 Å². The molecule has 1 spiro atoms. The molecule has 0 saturated heterocycles. The molecule has 17 heavy (non-hydrogen) atoms. The third kappa shape index (κ3) is 1.56. The lowest BCUT2D eigenvalue weighted by Gasteiger charge is -2.13. The summed E-state index contributed by atoms with van der Waals surface area (Å²) < 4.78 is 40.8. The zero-order valence-corrected chi connectivity index (χ0v) is 9.27. The van der Waals surface area contributed by atoms with Gasteiger partial charge in [-0.1, -0.05) is 19.1 Å². The molecule has 0 amide bonds. The molecule has 0 radical (unpaired) electrons. The van der Waals surface area contributed by atoms with E-state index in [1.165, 1.54) is 6.07 Å². The SMILES string of the molecule is CC1CC12CNc1c(OC(F)(F)F)cccc12. The van der Waals surface area contributed by atoms with E-state index in [1.54, 1.807) is 6.07 Å². The van der Waals surface area contributed by atoms with E-state index in [4.69, 9.17) is 0 Å². The summed E-state index contributed by atoms with van der Waals surface area (Å²) in [5.74, 6) is 0.406. The summed E-state index contributed by atoms with van der Waals surface area (Å²) in [5, 5.41) is 3.05. The molecule has 2 nitrogen and oxygen atoms in total. The Labute approximate surface area is 96.8 Å². The molecule has 2 unspecified atom stereocenters. The minimum absolute atomic E-state index is 0.0420. The van der Waals surface area contributed by atoms with Gasteiger partial charge in [0, 0.05) is 12.0 Å². The van der Waals surface area contributed by atoms with Gasteiger partial charge in [0.05, 0.1) is 5.69 Å². The van der Waals surface area contributed by atoms with Crippen molar-refractivity contribution in [3.8, 4) is 5.75 Å². The molecule has 1 aromatic carbocycles. The lowest BCUT2D eigenvalue weighted by Crippen LogP contribution is -2.17. The molecule has 5 heteroatoms. The van der Waals surface area contributed by atoms with Gasteiger partial charge in [-0.15, -0.1) is 13.2 Å². The molecule has 1 aromatic rings. The van der Waals surface area contributed by atoms with Crippen molar-refractivity contribution in [3.63, 3.8) is 0 Å². The van der Waals surface area contributed by atoms with E-state index in [9.17, 15) is 13.2 Å². The normalized spacial score (nSPS) is 30.0. The van der Waals surface area contributed by atoms with E-state index in [2.05, 4.69) is 17.0 Å². The van der Waals surface area contributed by atoms with E-state index in [-0.39, 0.29) is 11.2 Å². The van der Waals surface area contributed by atoms with Crippen molar-refractivity contribution in [2.75, 3.05) is 11.9 Å². The van der Waals surface area contributed by atoms with Crippen molar-refractivity contribution in [1.29, 1.82) is 0 Å². The first-order chi connectivity index (χ1) is 7.92. The monoisotopic (exact) mass is 243 g/mol. The largest absolute Gasteiger partial charge is 0.573 e. The van der Waals surface area contributed by atoms with Crippen LogP contribution in [0.3, 0.4) is 0 Å². The number of fused-ring (bicyclic) bond motifs is 2. The van der Waals surface area contributed by atoms with E-state index in [0.717, 1.165) is 12.0 Å². The van der Waals surface area contributed by atoms with E-state index in [1.807, 2.05) is 6.07 Å². The van der Waals surface area contributed by atoms with Crippen LogP contribution in [0.2, 0.25) is 0 Å². The number of hydrogen-bond donors (Lipinski definition) is 1. The summed E-state index contributed by atoms with van der Waals surface area (Å²) in [7, 11) is 0. The Morgan fingerprint density at radius 3 is 2.71 bits per heavy atom. The zero-order chi connectivity index (χ0) is 12.3. The summed E-state index contributed by atoms with van der Waals surface area (Å²) in [6, 6.07) is 4.87. The fourth-order valence-corrected chi connectivity index (χ4v) is 2.79. The van der Waals surface area contributed by atoms with Gasteiger partial charge in [0.2, 0.25) is 0 Å². The van der Waals surface area contributed by atoms with Crippen molar-refractivity contribution in [1.82, 2.24) is 0 Å². The molecular weight excluding hydrogens is 231 g/mol. The van der Waals surface area contributed by atoms with E-state index < -0.39 is 6.36 Å². The highest BCUT2D eigenvalue weighted by Gasteiger charge is 2.56. The number of para-hydroxylation sites is 1. The summed E-state index contributed by atoms with van der Waals surface area (Å²) >= 11 is 0. The number of hydrogen-bond acceptors (Lipinski definition) is 2. The van der Waals surface area contributed by atoms with Gasteiger partial charge >= 0.3 is 6.36 Å². The van der Waals surface area contributed by atoms with E-state index >= 15 is 0 Å². The second kappa shape index (κ2) is 3.09. The summed E-state index contributed by atoms with van der Waals surface area (Å²) in [6.07, 6.45) is -3.61. The molecule has 1 aliphatic carbocycles. The van der Waals surface area contributed by atoms with Crippen molar-refractivity contribution < 1.29 is 17.9 Å². The minimum atomic E-state index is -4.64. The lowest BCUT2D eigenvalue weighted by molar-refractivity contribution is -0.274. The topological polar surface area (TPSA) is 21.3 Å². The number of alkyl halides is 3. The van der Waals surface area contributed by atoms with Crippen LogP contribution in [0, 0.1) is 5.92 Å². The highest BCUT2D eigenvalue weighted by atomic mass is 19.4. The molecule has 1 heterocycles. The summed E-state index contributed by atoms with van der Waals surface area (Å²) in [5.41, 5.74) is 1.52. The highest BCUT2D eigenvalue weighted by Crippen LogP contribution is 2.60. The molecule has 2 atom stereocenters. The van der Waals surface area contributed by atoms with Gasteiger partial charge in [-0.2, -0.15) is 0 Å². The van der Waals surface area contributed by atoms with Crippen LogP contribution in [0.4, 0.5) is 18.9 Å². The fourth-order valence-electron chi connectivity index (χ4n) is 2.79. The smallest absolute Gasteiger partial charge is 0.404 e. The standard InChI is InChI=1S/C12H12F3NO/c1-7-5-11(7)6-16-10-8(11)3-2-4-9(10)17-12(13,14)15/h2-4,7,16H,5-6H2,1H3. The maximum Gasteiger partial charge on any atom is 0.573 e. The maximum atomic E-state index is 12.2. The number of halogens is 3. The molecule has 1 aliphatic heterocycles. The third-order valence-corrected chi connectivity index (χ3v) is 3.82. The zero-order valence-electron chi connectivity index (χ0n) is 9.27. The molecule has 3 rings (SSSR count). The van der Waals surface area contributed by atoms with Crippen molar-refractivity contribution in [2.24, 2.45) is 5.92 Å². The number of benzene rings is 1. The van der Waals surface area contributed by atoms with Crippen LogP contribution >= 0.6 is 0 Å². The van der Waals surface area contributed by atoms with Crippen LogP contribution in [0.5, 0.6) is 5.75 Å². The fraction of sp³-hybridized carbons (Fsp3) is 0.500. The second-order valence-electron chi connectivity index (χ2n) is 4.84. The van der Waals surface area contributed by atoms with Crippen LogP contribution in [0.1, 0.15) is 18.9 Å². The quantitative estimate of drug-likeness (QED) is 0.817. The Morgan fingerprint density at radius 2 is 2.12 bits per heavy atom. The first-order valence-electron chi connectivity index (χ1n) is 5.55. The minimum Gasteiger partial charge on any atom is -0.404 e. The maximum absolute atomic E-state index is 12.2. The second-order valence-corrected chi connectivity index (χ2v) is 4.84. The van der Waals surface area contributed by atoms with Crippen molar-refractivity contribution in [3.05, 3.63) is 23.8 Å². The number of rotatable bonds is 1. The number of nitrogens with one attached hydrogen (secondary N) is 1. The van der Waals surface area contributed by atoms with Crippen LogP contribution in [0.25, 0.3) is 0 Å². The molecule has 92 valence electrons. The van der Waals surface area contributed by atoms with Crippen LogP contribution < -0.4 is 10.1 Å². The van der Waals surface area contributed by atoms with Gasteiger partial charge in [0.15, 0.2) is 5.75 Å². The molecule has 1 N–H and O–H groups in total. The molecule has 0 aromatic heterocycles. The number of anilines is 1. The molecule has 1 fully saturated rings. The Hall–Kier alpha value is -1.39. The Kier molecular flexibility index (Phi) is 1.95. The summed E-state index contributed by atoms with van der Waals surface area (Å²) in [4.78, 5) is 0. The van der Waals surface area contributed by atoms with Crippen LogP contribution in [0.15, 0.2) is 18.2 Å². The van der Waals surface area contributed by atoms with Crippen molar-refractivity contribution in [2.45, 2.75) is 25.1 Å².